The first-order valence-corrected chi connectivity index (χ1v) is 5.08. The minimum absolute atomic E-state index is 0.135. The Balaban J connectivity index is 2.23. The van der Waals surface area contributed by atoms with Crippen molar-refractivity contribution in [3.05, 3.63) is 0 Å². The summed E-state index contributed by atoms with van der Waals surface area (Å²) in [6.45, 7) is 0. The molecule has 3 saturated heterocycles. The van der Waals surface area contributed by atoms with Crippen LogP contribution in [0, 0.1) is 0 Å². The number of rotatable bonds is 0. The van der Waals surface area contributed by atoms with Crippen molar-refractivity contribution in [1.82, 2.24) is 0 Å². The fourth-order valence-electron chi connectivity index (χ4n) is 1.10. The summed E-state index contributed by atoms with van der Waals surface area (Å²) in [7, 11) is -0.804. The lowest BCUT2D eigenvalue weighted by Crippen LogP contribution is -2.45. The van der Waals surface area contributed by atoms with E-state index in [0.29, 0.717) is 11.0 Å². The lowest BCUT2D eigenvalue weighted by atomic mass is 10.2. The van der Waals surface area contributed by atoms with E-state index in [9.17, 15) is 9.00 Å². The average Bonchev–Trinajstić information content (AvgIpc) is 1.86. The van der Waals surface area contributed by atoms with E-state index in [4.69, 9.17) is 0 Å². The van der Waals surface area contributed by atoms with Crippen LogP contribution in [-0.4, -0.2) is 19.2 Å². The number of carbonyl (C=O) groups is 1. The van der Waals surface area contributed by atoms with Gasteiger partial charge in [-0.15, -0.1) is 11.8 Å². The molecule has 0 amide bonds. The lowest BCUT2D eigenvalue weighted by molar-refractivity contribution is -0.117. The molecule has 50 valence electrons. The molecule has 3 heterocycles. The number of Topliss-reactive ketones (excluding diaryl/α,β-unsaturated/α-hetero) is 1. The summed E-state index contributed by atoms with van der Waals surface area (Å²) >= 11 is 1.58. The Morgan fingerprint density at radius 2 is 2.44 bits per heavy atom. The van der Waals surface area contributed by atoms with Crippen molar-refractivity contribution in [3.63, 3.8) is 0 Å². The molecular formula is C5H6O2S2. The van der Waals surface area contributed by atoms with E-state index in [1.54, 1.807) is 11.8 Å². The predicted octanol–water partition coefficient (Wildman–Crippen LogP) is 0.497. The average molecular weight is 162 g/mol. The van der Waals surface area contributed by atoms with Crippen molar-refractivity contribution >= 4 is 28.3 Å². The van der Waals surface area contributed by atoms with Gasteiger partial charge in [0.05, 0.1) is 15.4 Å². The minimum atomic E-state index is -0.804. The van der Waals surface area contributed by atoms with Crippen molar-refractivity contribution in [2.75, 3.05) is 0 Å². The molecule has 0 aromatic heterocycles. The maximum atomic E-state index is 10.9. The summed E-state index contributed by atoms with van der Waals surface area (Å²) < 4.78 is 11.1. The van der Waals surface area contributed by atoms with Crippen LogP contribution in [0.5, 0.6) is 0 Å². The van der Waals surface area contributed by atoms with Gasteiger partial charge in [-0.1, -0.05) is 0 Å². The maximum absolute atomic E-state index is 10.9. The summed E-state index contributed by atoms with van der Waals surface area (Å²) in [6, 6.07) is 0. The normalized spacial score (nSPS) is 48.4. The van der Waals surface area contributed by atoms with Gasteiger partial charge < -0.3 is 0 Å². The van der Waals surface area contributed by atoms with Gasteiger partial charge in [0.1, 0.15) is 4.58 Å². The van der Waals surface area contributed by atoms with E-state index < -0.39 is 10.8 Å². The fourth-order valence-corrected chi connectivity index (χ4v) is 4.42. The first kappa shape index (κ1) is 5.92. The third kappa shape index (κ3) is 0.694. The van der Waals surface area contributed by atoms with Gasteiger partial charge in [-0.3, -0.25) is 9.00 Å². The van der Waals surface area contributed by atoms with Gasteiger partial charge in [-0.05, 0) is 6.42 Å². The zero-order valence-corrected chi connectivity index (χ0v) is 6.33. The standard InChI is InChI=1S/C5H6O2S2/c6-3-1-2-4-8-5(3)9(4)7/h4-5H,1-2H2. The Morgan fingerprint density at radius 1 is 1.67 bits per heavy atom. The van der Waals surface area contributed by atoms with Crippen LogP contribution in [0.4, 0.5) is 0 Å². The largest absolute Gasteiger partial charge is 0.297 e. The van der Waals surface area contributed by atoms with Crippen LogP contribution in [0.25, 0.3) is 0 Å². The van der Waals surface area contributed by atoms with Gasteiger partial charge in [0, 0.05) is 6.42 Å². The van der Waals surface area contributed by atoms with Gasteiger partial charge in [0.25, 0.3) is 0 Å². The molecule has 3 atom stereocenters. The molecule has 2 bridgehead atoms. The van der Waals surface area contributed by atoms with Gasteiger partial charge in [-0.2, -0.15) is 0 Å². The molecule has 3 aliphatic heterocycles. The minimum Gasteiger partial charge on any atom is -0.297 e. The first-order valence-electron chi connectivity index (χ1n) is 2.86. The SMILES string of the molecule is O=C1CCC2SC1S2=O. The Bertz CT molecular complexity index is 179. The van der Waals surface area contributed by atoms with Crippen molar-refractivity contribution in [3.8, 4) is 0 Å². The molecule has 2 nitrogen and oxygen atoms in total. The van der Waals surface area contributed by atoms with Crippen molar-refractivity contribution in [1.29, 1.82) is 0 Å². The Kier molecular flexibility index (Phi) is 1.20. The van der Waals surface area contributed by atoms with Crippen LogP contribution < -0.4 is 0 Å². The van der Waals surface area contributed by atoms with Gasteiger partial charge >= 0.3 is 0 Å². The highest BCUT2D eigenvalue weighted by Crippen LogP contribution is 2.45. The zero-order chi connectivity index (χ0) is 6.43. The van der Waals surface area contributed by atoms with Crippen LogP contribution in [0.15, 0.2) is 0 Å². The van der Waals surface area contributed by atoms with E-state index >= 15 is 0 Å². The third-order valence-electron chi connectivity index (χ3n) is 1.63. The number of fused-ring (bicyclic) bond motifs is 2. The van der Waals surface area contributed by atoms with Crippen molar-refractivity contribution in [2.24, 2.45) is 0 Å². The summed E-state index contributed by atoms with van der Waals surface area (Å²) in [6.07, 6.45) is 1.50. The van der Waals surface area contributed by atoms with E-state index in [-0.39, 0.29) is 10.4 Å². The van der Waals surface area contributed by atoms with E-state index in [1.165, 1.54) is 0 Å². The van der Waals surface area contributed by atoms with E-state index in [0.717, 1.165) is 6.42 Å². The smallest absolute Gasteiger partial charge is 0.158 e. The molecule has 3 fully saturated rings. The molecule has 0 aromatic rings. The van der Waals surface area contributed by atoms with Crippen molar-refractivity contribution in [2.45, 2.75) is 22.0 Å². The number of carbonyl (C=O) groups excluding carboxylic acids is 1. The number of thioether (sulfide) groups is 1. The quantitative estimate of drug-likeness (QED) is 0.520. The van der Waals surface area contributed by atoms with E-state index in [2.05, 4.69) is 0 Å². The van der Waals surface area contributed by atoms with Gasteiger partial charge in [0.15, 0.2) is 5.78 Å². The molecule has 9 heavy (non-hydrogen) atoms. The molecule has 3 aliphatic rings. The molecule has 3 unspecified atom stereocenters. The number of ketones is 1. The summed E-state index contributed by atoms with van der Waals surface area (Å²) in [5, 5.41) is 0. The molecule has 4 heteroatoms. The van der Waals surface area contributed by atoms with Gasteiger partial charge in [0.2, 0.25) is 0 Å². The van der Waals surface area contributed by atoms with Crippen LogP contribution >= 0.6 is 11.8 Å². The molecule has 0 aromatic carbocycles. The molecule has 3 rings (SSSR count). The summed E-state index contributed by atoms with van der Waals surface area (Å²) in [4.78, 5) is 10.8. The summed E-state index contributed by atoms with van der Waals surface area (Å²) in [5.41, 5.74) is 0. The fraction of sp³-hybridized carbons (Fsp3) is 0.800. The highest BCUT2D eigenvalue weighted by molar-refractivity contribution is 8.28. The molecular weight excluding hydrogens is 156 g/mol. The van der Waals surface area contributed by atoms with Crippen molar-refractivity contribution < 1.29 is 9.00 Å². The van der Waals surface area contributed by atoms with Crippen LogP contribution in [0.2, 0.25) is 0 Å². The molecule has 0 aliphatic carbocycles. The van der Waals surface area contributed by atoms with E-state index in [1.807, 2.05) is 0 Å². The number of hydrogen-bond acceptors (Lipinski definition) is 3. The zero-order valence-electron chi connectivity index (χ0n) is 4.70. The first-order chi connectivity index (χ1) is 4.29. The highest BCUT2D eigenvalue weighted by atomic mass is 32.3. The second kappa shape index (κ2) is 1.83. The Labute approximate surface area is 59.8 Å². The number of hydrogen-bond donors (Lipinski definition) is 0. The molecule has 0 saturated carbocycles. The molecule has 0 radical (unpaired) electrons. The van der Waals surface area contributed by atoms with Crippen LogP contribution in [0.3, 0.4) is 0 Å². The Morgan fingerprint density at radius 3 is 2.78 bits per heavy atom. The highest BCUT2D eigenvalue weighted by Gasteiger charge is 2.47. The molecule has 0 N–H and O–H groups in total. The lowest BCUT2D eigenvalue weighted by Gasteiger charge is -2.37. The summed E-state index contributed by atoms with van der Waals surface area (Å²) in [5.74, 6) is 0.195. The van der Waals surface area contributed by atoms with Crippen LogP contribution in [0.1, 0.15) is 12.8 Å². The Hall–Kier alpha value is 0.170. The molecule has 0 spiro atoms. The van der Waals surface area contributed by atoms with Crippen LogP contribution in [-0.2, 0) is 15.6 Å². The maximum Gasteiger partial charge on any atom is 0.158 e. The van der Waals surface area contributed by atoms with Gasteiger partial charge in [-0.25, -0.2) is 0 Å². The predicted molar refractivity (Wildman–Crippen MR) is 37.6 cm³/mol. The third-order valence-corrected chi connectivity index (χ3v) is 5.93. The monoisotopic (exact) mass is 162 g/mol. The topological polar surface area (TPSA) is 34.1 Å². The second-order valence-electron chi connectivity index (χ2n) is 2.23. The second-order valence-corrected chi connectivity index (χ2v) is 5.84.